The van der Waals surface area contributed by atoms with Crippen LogP contribution >= 0.6 is 0 Å². The monoisotopic (exact) mass is 404 g/mol. The lowest BCUT2D eigenvalue weighted by molar-refractivity contribution is -0.143. The van der Waals surface area contributed by atoms with Crippen LogP contribution in [0.4, 0.5) is 5.69 Å². The highest BCUT2D eigenvalue weighted by Crippen LogP contribution is 2.36. The first-order valence-electron chi connectivity index (χ1n) is 9.85. The van der Waals surface area contributed by atoms with E-state index in [-0.39, 0.29) is 12.0 Å². The zero-order valence-corrected chi connectivity index (χ0v) is 17.2. The highest BCUT2D eigenvalue weighted by Gasteiger charge is 2.26. The van der Waals surface area contributed by atoms with Crippen LogP contribution in [0.25, 0.3) is 5.65 Å². The number of nitrogens with one attached hydrogen (secondary N) is 1. The molecule has 7 nitrogen and oxygen atoms in total. The summed E-state index contributed by atoms with van der Waals surface area (Å²) in [5, 5.41) is 2.95. The lowest BCUT2D eigenvalue weighted by Crippen LogP contribution is -2.13. The van der Waals surface area contributed by atoms with Gasteiger partial charge in [0.2, 0.25) is 0 Å². The van der Waals surface area contributed by atoms with Crippen molar-refractivity contribution in [3.05, 3.63) is 76.4 Å². The second-order valence-electron chi connectivity index (χ2n) is 7.68. The van der Waals surface area contributed by atoms with Crippen molar-refractivity contribution in [3.8, 4) is 0 Å². The SMILES string of the molecule is CC(N)=CC(=O)OC1CCc2ccc(NC(=O)c3ccn4c(C)cc(C)nc34)cc21. The molecule has 1 aliphatic rings. The Morgan fingerprint density at radius 2 is 2.07 bits per heavy atom. The van der Waals surface area contributed by atoms with Gasteiger partial charge in [-0.1, -0.05) is 6.07 Å². The van der Waals surface area contributed by atoms with E-state index in [4.69, 9.17) is 10.5 Å². The molecule has 0 bridgehead atoms. The molecule has 1 unspecified atom stereocenters. The second kappa shape index (κ2) is 7.67. The zero-order chi connectivity index (χ0) is 21.4. The number of aromatic nitrogens is 2. The molecule has 3 N–H and O–H groups in total. The molecule has 154 valence electrons. The molecule has 1 atom stereocenters. The van der Waals surface area contributed by atoms with Gasteiger partial charge in [0.15, 0.2) is 0 Å². The number of aryl methyl sites for hydroxylation is 3. The number of esters is 1. The Labute approximate surface area is 174 Å². The van der Waals surface area contributed by atoms with Gasteiger partial charge >= 0.3 is 5.97 Å². The highest BCUT2D eigenvalue weighted by atomic mass is 16.5. The molecule has 30 heavy (non-hydrogen) atoms. The van der Waals surface area contributed by atoms with Crippen LogP contribution in [0.15, 0.2) is 48.3 Å². The summed E-state index contributed by atoms with van der Waals surface area (Å²) in [6.45, 7) is 5.53. The molecular weight excluding hydrogens is 380 g/mol. The number of ether oxygens (including phenoxy) is 1. The molecule has 0 spiro atoms. The van der Waals surface area contributed by atoms with Gasteiger partial charge in [0.25, 0.3) is 5.91 Å². The molecule has 1 aromatic carbocycles. The number of anilines is 1. The Morgan fingerprint density at radius 3 is 2.83 bits per heavy atom. The van der Waals surface area contributed by atoms with Gasteiger partial charge in [-0.15, -0.1) is 0 Å². The molecule has 4 rings (SSSR count). The molecule has 0 saturated carbocycles. The summed E-state index contributed by atoms with van der Waals surface area (Å²) in [7, 11) is 0. The average Bonchev–Trinajstić information content (AvgIpc) is 3.25. The minimum Gasteiger partial charge on any atom is -0.454 e. The number of rotatable bonds is 4. The maximum atomic E-state index is 12.9. The van der Waals surface area contributed by atoms with E-state index in [0.717, 1.165) is 28.9 Å². The second-order valence-corrected chi connectivity index (χ2v) is 7.68. The van der Waals surface area contributed by atoms with Crippen LogP contribution in [0.5, 0.6) is 0 Å². The van der Waals surface area contributed by atoms with Crippen molar-refractivity contribution >= 4 is 23.2 Å². The first-order valence-corrected chi connectivity index (χ1v) is 9.85. The number of fused-ring (bicyclic) bond motifs is 2. The quantitative estimate of drug-likeness (QED) is 0.511. The Hall–Kier alpha value is -3.61. The number of hydrogen-bond acceptors (Lipinski definition) is 5. The van der Waals surface area contributed by atoms with Gasteiger partial charge in [0, 0.05) is 35.0 Å². The number of amides is 1. The molecule has 0 saturated heterocycles. The molecule has 0 fully saturated rings. The van der Waals surface area contributed by atoms with Crippen LogP contribution in [0.1, 0.15) is 52.3 Å². The molecule has 2 heterocycles. The molecule has 3 aromatic rings. The third-order valence-electron chi connectivity index (χ3n) is 5.21. The Morgan fingerprint density at radius 1 is 1.27 bits per heavy atom. The number of benzene rings is 1. The highest BCUT2D eigenvalue weighted by molar-refractivity contribution is 6.08. The van der Waals surface area contributed by atoms with Gasteiger partial charge in [-0.3, -0.25) is 4.79 Å². The van der Waals surface area contributed by atoms with Crippen LogP contribution in [-0.4, -0.2) is 21.3 Å². The van der Waals surface area contributed by atoms with E-state index in [1.54, 1.807) is 13.0 Å². The first kappa shape index (κ1) is 19.7. The van der Waals surface area contributed by atoms with Crippen molar-refractivity contribution in [3.63, 3.8) is 0 Å². The van der Waals surface area contributed by atoms with E-state index in [1.807, 2.05) is 48.7 Å². The van der Waals surface area contributed by atoms with Crippen LogP contribution in [0.2, 0.25) is 0 Å². The van der Waals surface area contributed by atoms with Gasteiger partial charge in [-0.25, -0.2) is 9.78 Å². The Bertz CT molecular complexity index is 1190. The van der Waals surface area contributed by atoms with Gasteiger partial charge in [0.05, 0.1) is 5.56 Å². The lowest BCUT2D eigenvalue weighted by Gasteiger charge is -2.14. The number of hydrogen-bond donors (Lipinski definition) is 2. The largest absolute Gasteiger partial charge is 0.454 e. The smallest absolute Gasteiger partial charge is 0.333 e. The molecular formula is C23H24N4O3. The van der Waals surface area contributed by atoms with Gasteiger partial charge < -0.3 is 20.2 Å². The number of carbonyl (C=O) groups is 2. The summed E-state index contributed by atoms with van der Waals surface area (Å²) in [4.78, 5) is 29.4. The van der Waals surface area contributed by atoms with Crippen LogP contribution in [0.3, 0.4) is 0 Å². The zero-order valence-electron chi connectivity index (χ0n) is 17.2. The van der Waals surface area contributed by atoms with Gasteiger partial charge in [-0.2, -0.15) is 0 Å². The van der Waals surface area contributed by atoms with E-state index in [0.29, 0.717) is 29.0 Å². The van der Waals surface area contributed by atoms with Gasteiger partial charge in [-0.05, 0) is 69.0 Å². The summed E-state index contributed by atoms with van der Waals surface area (Å²) in [5.41, 5.74) is 11.6. The summed E-state index contributed by atoms with van der Waals surface area (Å²) in [6.07, 6.45) is 4.31. The third kappa shape index (κ3) is 3.78. The topological polar surface area (TPSA) is 98.7 Å². The summed E-state index contributed by atoms with van der Waals surface area (Å²) in [5.74, 6) is -0.692. The van der Waals surface area contributed by atoms with Crippen molar-refractivity contribution < 1.29 is 14.3 Å². The fraction of sp³-hybridized carbons (Fsp3) is 0.261. The van der Waals surface area contributed by atoms with Crippen LogP contribution < -0.4 is 11.1 Å². The molecule has 7 heteroatoms. The van der Waals surface area contributed by atoms with Crippen molar-refractivity contribution in [1.29, 1.82) is 0 Å². The summed E-state index contributed by atoms with van der Waals surface area (Å²) >= 11 is 0. The van der Waals surface area contributed by atoms with Crippen molar-refractivity contribution in [2.75, 3.05) is 5.32 Å². The van der Waals surface area contributed by atoms with E-state index >= 15 is 0 Å². The summed E-state index contributed by atoms with van der Waals surface area (Å²) < 4.78 is 7.44. The Balaban J connectivity index is 1.57. The van der Waals surface area contributed by atoms with Crippen molar-refractivity contribution in [2.45, 2.75) is 39.7 Å². The minimum absolute atomic E-state index is 0.233. The molecule has 2 aromatic heterocycles. The minimum atomic E-state index is -0.459. The van der Waals surface area contributed by atoms with E-state index in [9.17, 15) is 9.59 Å². The number of nitrogens with two attached hydrogens (primary N) is 1. The maximum Gasteiger partial charge on any atom is 0.333 e. The maximum absolute atomic E-state index is 12.9. The Kier molecular flexibility index (Phi) is 5.03. The molecule has 0 aliphatic heterocycles. The molecule has 0 radical (unpaired) electrons. The number of carbonyl (C=O) groups excluding carboxylic acids is 2. The van der Waals surface area contributed by atoms with Crippen LogP contribution in [-0.2, 0) is 16.0 Å². The third-order valence-corrected chi connectivity index (χ3v) is 5.21. The molecule has 1 amide bonds. The first-order chi connectivity index (χ1) is 14.3. The fourth-order valence-corrected chi connectivity index (χ4v) is 3.89. The summed E-state index contributed by atoms with van der Waals surface area (Å²) in [6, 6.07) is 9.45. The van der Waals surface area contributed by atoms with Crippen molar-refractivity contribution in [1.82, 2.24) is 9.38 Å². The predicted octanol–water partition coefficient (Wildman–Crippen LogP) is 3.60. The molecule has 1 aliphatic carbocycles. The van der Waals surface area contributed by atoms with E-state index < -0.39 is 5.97 Å². The lowest BCUT2D eigenvalue weighted by atomic mass is 10.1. The normalized spacial score (nSPS) is 15.8. The van der Waals surface area contributed by atoms with E-state index in [2.05, 4.69) is 10.3 Å². The standard InChI is InChI=1S/C23H24N4O3/c1-13(24)10-21(28)30-20-7-5-16-4-6-17(12-19(16)20)26-23(29)18-8-9-27-15(3)11-14(2)25-22(18)27/h4,6,8-12,20H,5,7,24H2,1-3H3,(H,26,29). The van der Waals surface area contributed by atoms with Gasteiger partial charge in [0.1, 0.15) is 11.8 Å². The average molecular weight is 404 g/mol. The fourth-order valence-electron chi connectivity index (χ4n) is 3.89. The number of nitrogens with zero attached hydrogens (tertiary/aromatic N) is 2. The van der Waals surface area contributed by atoms with E-state index in [1.165, 1.54) is 6.08 Å². The van der Waals surface area contributed by atoms with Crippen molar-refractivity contribution in [2.24, 2.45) is 5.73 Å². The van der Waals surface area contributed by atoms with Crippen LogP contribution in [0, 0.1) is 13.8 Å². The number of allylic oxidation sites excluding steroid dienone is 1. The predicted molar refractivity (Wildman–Crippen MR) is 114 cm³/mol.